The van der Waals surface area contributed by atoms with E-state index >= 15 is 28.8 Å². The molecule has 20 N–H and O–H groups in total. The summed E-state index contributed by atoms with van der Waals surface area (Å²) in [5, 5.41) is 151. The molecule has 8 aliphatic rings. The largest absolute Gasteiger partial charge is 0.508 e. The van der Waals surface area contributed by atoms with Gasteiger partial charge in [-0.05, 0) is 153 Å². The molecule has 15 rings (SSSR count). The number of aliphatic hydroxyl groups is 7. The summed E-state index contributed by atoms with van der Waals surface area (Å²) in [6.07, 6.45) is -15.1. The maximum Gasteiger partial charge on any atom is 0.337 e. The first kappa shape index (κ1) is 94.7. The molecule has 0 aliphatic carbocycles. The van der Waals surface area contributed by atoms with Crippen molar-refractivity contribution in [3.8, 4) is 80.1 Å². The molecular weight excluding hydrogens is 1730 g/mol. The van der Waals surface area contributed by atoms with Crippen LogP contribution in [0.15, 0.2) is 115 Å². The molecule has 690 valence electrons. The standard InChI is InChI=1S/C89H102Cl2N10O28/c1-39(2)14-11-9-7-8-10-12-15-62(107)95-71-74(110)76(112)79(87(121)122-6)129-88(71)128-78-59-32-44-33-60(78)125-56-25-20-43(30-51(56)90)72(108)70-86(120)99-68(81(115)93-26-13-27-101(4)5)49-34-45(103)35-58(126-89-77(113)75(111)73(109)61(38-102)127-89)63(49)48-29-41(18-23-53(48)104)66(83(117)100-70)96-84(118)67(44)97-85(119)69-50-36-47(37-55(106)64(50)91)124-57-31-42(19-24-54(57)105)65(92-3)82(116)94-52(80(114)98-69)28-40-16-21-46(123-59)22-17-40/h16-25,29-37,39,52,61,65-77,79,88-89,92,102-106,108-113H,7-15,26-28,38H2,1-6H3,(H,93,115)(H,94,116)(H,95,107)(H,96,118)(H,97,119)(H,98,114)(H,99,120)(H,100,117)/t52-,61-,65-,66-,67-,68-,69+,70+,71-,72-,73-,74-,75+,76+,77+,79+,88-,89+/m1/s1. The average Bonchev–Trinajstić information content (AvgIpc) is 0.766. The Morgan fingerprint density at radius 3 is 1.91 bits per heavy atom. The van der Waals surface area contributed by atoms with Gasteiger partial charge in [-0.3, -0.25) is 38.4 Å². The molecule has 7 aromatic rings. The number of ether oxygens (including phenoxy) is 8. The Hall–Kier alpha value is -11.9. The molecule has 0 radical (unpaired) electrons. The fraction of sp³-hybridized carbons (Fsp3) is 0.427. The highest BCUT2D eigenvalue weighted by atomic mass is 35.5. The minimum absolute atomic E-state index is 0.0897. The average molecular weight is 1830 g/mol. The summed E-state index contributed by atoms with van der Waals surface area (Å²) in [6, 6.07) is 6.07. The van der Waals surface area contributed by atoms with Crippen molar-refractivity contribution in [1.82, 2.24) is 52.8 Å². The van der Waals surface area contributed by atoms with Crippen molar-refractivity contribution in [3.63, 3.8) is 0 Å². The Balaban J connectivity index is 1.04. The first-order valence-corrected chi connectivity index (χ1v) is 42.6. The fourth-order valence-electron chi connectivity index (χ4n) is 16.0. The molecule has 0 saturated carbocycles. The number of fused-ring (bicyclic) bond motifs is 14. The number of unbranched alkanes of at least 4 members (excludes halogenated alkanes) is 5. The quantitative estimate of drug-likeness (QED) is 0.0333. The maximum atomic E-state index is 16.9. The number of halogens is 2. The monoisotopic (exact) mass is 1830 g/mol. The Labute approximate surface area is 748 Å². The van der Waals surface area contributed by atoms with E-state index < -0.39 is 271 Å². The van der Waals surface area contributed by atoms with Crippen molar-refractivity contribution in [2.45, 2.75) is 188 Å². The Morgan fingerprint density at radius 2 is 1.22 bits per heavy atom. The molecule has 8 aliphatic heterocycles. The third kappa shape index (κ3) is 21.5. The van der Waals surface area contributed by atoms with Gasteiger partial charge in [0.15, 0.2) is 29.1 Å². The lowest BCUT2D eigenvalue weighted by molar-refractivity contribution is -0.277. The molecule has 8 amide bonds. The number of carbonyl (C=O) groups excluding carboxylic acids is 9. The van der Waals surface area contributed by atoms with Crippen LogP contribution in [-0.4, -0.2) is 236 Å². The van der Waals surface area contributed by atoms with Crippen molar-refractivity contribution in [2.75, 3.05) is 47.9 Å². The van der Waals surface area contributed by atoms with Gasteiger partial charge in [0.25, 0.3) is 0 Å². The second-order valence-electron chi connectivity index (χ2n) is 32.9. The Morgan fingerprint density at radius 1 is 0.566 bits per heavy atom. The van der Waals surface area contributed by atoms with Crippen LogP contribution in [-0.2, 0) is 63.8 Å². The highest BCUT2D eigenvalue weighted by Gasteiger charge is 2.52. The number of phenolic OH excluding ortho intramolecular Hbond substituents is 4. The van der Waals surface area contributed by atoms with Gasteiger partial charge in [0.2, 0.25) is 65.6 Å². The van der Waals surface area contributed by atoms with E-state index in [-0.39, 0.29) is 41.3 Å². The number of nitrogens with zero attached hydrogens (tertiary/aromatic N) is 1. The molecule has 0 spiro atoms. The normalized spacial score (nSPS) is 25.7. The maximum absolute atomic E-state index is 16.9. The van der Waals surface area contributed by atoms with Crippen LogP contribution in [0.1, 0.15) is 147 Å². The number of esters is 1. The molecule has 18 atom stereocenters. The molecule has 129 heavy (non-hydrogen) atoms. The van der Waals surface area contributed by atoms with Crippen LogP contribution in [0.2, 0.25) is 10.0 Å². The van der Waals surface area contributed by atoms with Crippen LogP contribution in [0.3, 0.4) is 0 Å². The molecule has 0 aromatic heterocycles. The molecule has 38 nitrogen and oxygen atoms in total. The van der Waals surface area contributed by atoms with Crippen LogP contribution in [0.25, 0.3) is 11.1 Å². The number of nitrogens with one attached hydrogen (secondary N) is 9. The number of aliphatic hydroxyl groups excluding tert-OH is 7. The summed E-state index contributed by atoms with van der Waals surface area (Å²) in [4.78, 5) is 141. The lowest BCUT2D eigenvalue weighted by atomic mass is 9.89. The number of hydrogen-bond donors (Lipinski definition) is 20. The van der Waals surface area contributed by atoms with Gasteiger partial charge < -0.3 is 147 Å². The van der Waals surface area contributed by atoms with Gasteiger partial charge in [-0.25, -0.2) is 4.79 Å². The summed E-state index contributed by atoms with van der Waals surface area (Å²) in [5.74, 6) is -16.6. The molecule has 8 heterocycles. The van der Waals surface area contributed by atoms with E-state index in [0.29, 0.717) is 37.3 Å². The predicted molar refractivity (Wildman–Crippen MR) is 456 cm³/mol. The smallest absolute Gasteiger partial charge is 0.337 e. The number of benzene rings is 7. The second-order valence-corrected chi connectivity index (χ2v) is 33.7. The van der Waals surface area contributed by atoms with E-state index in [1.165, 1.54) is 55.6 Å². The van der Waals surface area contributed by atoms with E-state index in [9.17, 15) is 70.6 Å². The van der Waals surface area contributed by atoms with E-state index in [4.69, 9.17) is 61.1 Å². The van der Waals surface area contributed by atoms with E-state index in [0.717, 1.165) is 106 Å². The van der Waals surface area contributed by atoms with Gasteiger partial charge in [0.1, 0.15) is 131 Å². The zero-order valence-corrected chi connectivity index (χ0v) is 72.2. The third-order valence-corrected chi connectivity index (χ3v) is 23.6. The van der Waals surface area contributed by atoms with Gasteiger partial charge >= 0.3 is 5.97 Å². The summed E-state index contributed by atoms with van der Waals surface area (Å²) in [5.41, 5.74) is -2.58. The lowest BCUT2D eigenvalue weighted by Gasteiger charge is -2.41. The van der Waals surface area contributed by atoms with Crippen molar-refractivity contribution >= 4 is 76.4 Å². The number of rotatable bonds is 22. The highest BCUT2D eigenvalue weighted by molar-refractivity contribution is 6.33. The van der Waals surface area contributed by atoms with Crippen molar-refractivity contribution < 1.29 is 137 Å². The summed E-state index contributed by atoms with van der Waals surface area (Å²) >= 11 is 14.4. The third-order valence-electron chi connectivity index (χ3n) is 22.9. The van der Waals surface area contributed by atoms with E-state index in [1.54, 1.807) is 14.1 Å². The summed E-state index contributed by atoms with van der Waals surface area (Å²) < 4.78 is 50.0. The summed E-state index contributed by atoms with van der Waals surface area (Å²) in [6.45, 7) is 3.64. The first-order valence-electron chi connectivity index (χ1n) is 41.9. The molecule has 7 aromatic carbocycles. The Kier molecular flexibility index (Phi) is 30.3. The van der Waals surface area contributed by atoms with Crippen LogP contribution in [0, 0.1) is 5.92 Å². The number of methoxy groups -OCH3 is 1. The van der Waals surface area contributed by atoms with Crippen LogP contribution in [0.5, 0.6) is 69.0 Å². The fourth-order valence-corrected chi connectivity index (χ4v) is 16.5. The lowest BCUT2D eigenvalue weighted by Crippen LogP contribution is -2.66. The second kappa shape index (κ2) is 41.3. The van der Waals surface area contributed by atoms with Crippen molar-refractivity contribution in [1.29, 1.82) is 0 Å². The molecule has 2 fully saturated rings. The van der Waals surface area contributed by atoms with Gasteiger partial charge in [-0.1, -0.05) is 106 Å². The zero-order valence-electron chi connectivity index (χ0n) is 70.7. The number of carbonyl (C=O) groups is 9. The van der Waals surface area contributed by atoms with Gasteiger partial charge in [-0.2, -0.15) is 0 Å². The van der Waals surface area contributed by atoms with Gasteiger partial charge in [0, 0.05) is 48.2 Å². The van der Waals surface area contributed by atoms with Crippen LogP contribution < -0.4 is 71.5 Å². The number of likely N-dealkylation sites (N-methyl/N-ethyl adjacent to an activating group) is 1. The number of hydrogen-bond acceptors (Lipinski definition) is 30. The van der Waals surface area contributed by atoms with Gasteiger partial charge in [0.05, 0.1) is 23.8 Å². The highest BCUT2D eigenvalue weighted by Crippen LogP contribution is 2.51. The molecule has 2 saturated heterocycles. The number of phenols is 4. The van der Waals surface area contributed by atoms with Crippen LogP contribution >= 0.6 is 23.2 Å². The molecule has 40 heteroatoms. The predicted octanol–water partition coefficient (Wildman–Crippen LogP) is 4.26. The molecular formula is C89H102Cl2N10O28. The van der Waals surface area contributed by atoms with Crippen molar-refractivity contribution in [2.24, 2.45) is 5.92 Å². The first-order chi connectivity index (χ1) is 61.6. The van der Waals surface area contributed by atoms with Gasteiger partial charge in [-0.15, -0.1) is 0 Å². The molecule has 0 unspecified atom stereocenters. The SMILES string of the molecule is CN[C@H]1C(=O)N[C@@H]2Cc3ccc(cc3)Oc3cc4cc(c3O[C@@H]3O[C@H](C(=O)OC)[C@@H](O)[C@H](O)[C@H]3NC(=O)CCCCCCCCC(C)C)Oc3ccc(cc3Cl)[C@@H](O)[C@@H]3NC(=O)[C@H](NC(=O)[C@@H]4NC(=O)[C@@H](NC2=O)c2cc(cc(O)c2Cl)Oc2cc1ccc2O)c1ccc(O)c(c1)-c1c(O[C@H]2O[C@H](CO)[C@@H](O)[C@H](O)[C@@H]2O)cc(O)cc1[C@H](C(=O)NCCCN(C)C)NC3=O. The minimum atomic E-state index is -2.44. The summed E-state index contributed by atoms with van der Waals surface area (Å²) in [7, 11) is 5.94. The van der Waals surface area contributed by atoms with E-state index in [2.05, 4.69) is 61.7 Å². The van der Waals surface area contributed by atoms with E-state index in [1.807, 2.05) is 4.90 Å². The minimum Gasteiger partial charge on any atom is -0.508 e. The Bertz CT molecular complexity index is 5360. The van der Waals surface area contributed by atoms with Crippen molar-refractivity contribution in [3.05, 3.63) is 164 Å². The number of aromatic hydroxyl groups is 4. The zero-order chi connectivity index (χ0) is 92.7. The van der Waals surface area contributed by atoms with Crippen LogP contribution in [0.4, 0.5) is 0 Å². The topological polar surface area (TPSA) is 562 Å². The number of amides is 8. The molecule has 17 bridgehead atoms.